The third-order valence-electron chi connectivity index (χ3n) is 4.38. The number of likely N-dealkylation sites (N-methyl/N-ethyl adjacent to an activating group) is 1. The smallest absolute Gasteiger partial charge is 0.280 e. The van der Waals surface area contributed by atoms with Crippen LogP contribution in [0.15, 0.2) is 72.1 Å². The Morgan fingerprint density at radius 2 is 1.56 bits per heavy atom. The molecule has 1 aromatic heterocycles. The van der Waals surface area contributed by atoms with Gasteiger partial charge in [0.15, 0.2) is 6.54 Å². The lowest BCUT2D eigenvalue weighted by molar-refractivity contribution is -0.897. The van der Waals surface area contributed by atoms with Crippen LogP contribution in [-0.4, -0.2) is 25.4 Å². The van der Waals surface area contributed by atoms with Gasteiger partial charge in [-0.25, -0.2) is 0 Å². The van der Waals surface area contributed by atoms with Gasteiger partial charge in [-0.15, -0.1) is 11.3 Å². The predicted molar refractivity (Wildman–Crippen MR) is 108 cm³/mol. The van der Waals surface area contributed by atoms with Gasteiger partial charge in [0, 0.05) is 11.1 Å². The molecule has 2 amide bonds. The highest BCUT2D eigenvalue weighted by Gasteiger charge is 2.25. The first-order chi connectivity index (χ1) is 13.1. The van der Waals surface area contributed by atoms with Crippen molar-refractivity contribution in [3.8, 4) is 0 Å². The van der Waals surface area contributed by atoms with Crippen molar-refractivity contribution in [1.29, 1.82) is 0 Å². The van der Waals surface area contributed by atoms with E-state index in [0.29, 0.717) is 10.6 Å². The molecule has 1 heterocycles. The largest absolute Gasteiger partial charge is 0.366 e. The lowest BCUT2D eigenvalue weighted by atomic mass is 9.97. The van der Waals surface area contributed by atoms with E-state index in [4.69, 9.17) is 5.73 Å². The van der Waals surface area contributed by atoms with Crippen LogP contribution in [0.5, 0.6) is 0 Å². The standard InChI is InChI=1S/C21H21N3O2S/c1-24(14-18(25)23-21-17(20(22)26)12-13-27-21)19(15-8-4-2-5-9-15)16-10-6-3-7-11-16/h2-13,19H,14H2,1H3,(H2,22,26)(H,23,25)/p+1. The molecule has 0 saturated heterocycles. The minimum absolute atomic E-state index is 0.0251. The quantitative estimate of drug-likeness (QED) is 0.587. The summed E-state index contributed by atoms with van der Waals surface area (Å²) in [5.41, 5.74) is 7.97. The Balaban J connectivity index is 1.78. The Morgan fingerprint density at radius 1 is 1.00 bits per heavy atom. The third-order valence-corrected chi connectivity index (χ3v) is 5.21. The molecule has 6 heteroatoms. The number of hydrogen-bond donors (Lipinski definition) is 3. The minimum Gasteiger partial charge on any atom is -0.366 e. The SMILES string of the molecule is C[NH+](CC(=O)Nc1sccc1C(N)=O)C(c1ccccc1)c1ccccc1. The first-order valence-corrected chi connectivity index (χ1v) is 9.53. The normalized spacial score (nSPS) is 11.9. The first kappa shape index (κ1) is 18.8. The first-order valence-electron chi connectivity index (χ1n) is 8.65. The van der Waals surface area contributed by atoms with Gasteiger partial charge < -0.3 is 16.0 Å². The van der Waals surface area contributed by atoms with Crippen LogP contribution in [0.1, 0.15) is 27.5 Å². The number of nitrogens with one attached hydrogen (secondary N) is 2. The molecule has 0 radical (unpaired) electrons. The van der Waals surface area contributed by atoms with Crippen LogP contribution in [0.25, 0.3) is 0 Å². The number of rotatable bonds is 7. The van der Waals surface area contributed by atoms with E-state index in [0.717, 1.165) is 16.0 Å². The van der Waals surface area contributed by atoms with Crippen LogP contribution in [0, 0.1) is 0 Å². The molecule has 1 unspecified atom stereocenters. The van der Waals surface area contributed by atoms with E-state index < -0.39 is 5.91 Å². The summed E-state index contributed by atoms with van der Waals surface area (Å²) < 4.78 is 0. The molecule has 0 aliphatic carbocycles. The van der Waals surface area contributed by atoms with Gasteiger partial charge in [0.2, 0.25) is 0 Å². The van der Waals surface area contributed by atoms with Crippen molar-refractivity contribution in [1.82, 2.24) is 0 Å². The predicted octanol–water partition coefficient (Wildman–Crippen LogP) is 2.09. The molecule has 5 nitrogen and oxygen atoms in total. The van der Waals surface area contributed by atoms with Crippen molar-refractivity contribution in [2.75, 3.05) is 18.9 Å². The molecule has 4 N–H and O–H groups in total. The Kier molecular flexibility index (Phi) is 6.01. The number of hydrogen-bond acceptors (Lipinski definition) is 3. The molecule has 2 aromatic carbocycles. The molecule has 0 bridgehead atoms. The van der Waals surface area contributed by atoms with Crippen molar-refractivity contribution in [2.24, 2.45) is 5.73 Å². The molecule has 138 valence electrons. The van der Waals surface area contributed by atoms with E-state index >= 15 is 0 Å². The van der Waals surface area contributed by atoms with Gasteiger partial charge in [0.05, 0.1) is 12.6 Å². The number of quaternary nitrogens is 1. The van der Waals surface area contributed by atoms with Crippen molar-refractivity contribution in [2.45, 2.75) is 6.04 Å². The molecule has 0 spiro atoms. The molecule has 3 rings (SSSR count). The third kappa shape index (κ3) is 4.61. The molecule has 0 aliphatic rings. The maximum atomic E-state index is 12.6. The maximum absolute atomic E-state index is 12.6. The molecule has 0 aliphatic heterocycles. The molecule has 0 saturated carbocycles. The molecular weight excluding hydrogens is 358 g/mol. The van der Waals surface area contributed by atoms with Crippen molar-refractivity contribution < 1.29 is 14.5 Å². The molecule has 3 aromatic rings. The summed E-state index contributed by atoms with van der Waals surface area (Å²) in [5, 5.41) is 5.05. The lowest BCUT2D eigenvalue weighted by Gasteiger charge is -2.25. The fourth-order valence-corrected chi connectivity index (χ4v) is 3.99. The molecule has 27 heavy (non-hydrogen) atoms. The highest BCUT2D eigenvalue weighted by atomic mass is 32.1. The second kappa shape index (κ2) is 8.62. The maximum Gasteiger partial charge on any atom is 0.280 e. The van der Waals surface area contributed by atoms with Gasteiger partial charge >= 0.3 is 0 Å². The molecule has 0 fully saturated rings. The number of primary amides is 1. The topological polar surface area (TPSA) is 76.6 Å². The van der Waals surface area contributed by atoms with Gasteiger partial charge in [-0.1, -0.05) is 60.7 Å². The van der Waals surface area contributed by atoms with Crippen LogP contribution >= 0.6 is 11.3 Å². The highest BCUT2D eigenvalue weighted by Crippen LogP contribution is 2.22. The summed E-state index contributed by atoms with van der Waals surface area (Å²) in [6, 6.07) is 21.9. The van der Waals surface area contributed by atoms with Gasteiger partial charge in [0.25, 0.3) is 11.8 Å². The van der Waals surface area contributed by atoms with E-state index in [1.807, 2.05) is 43.4 Å². The van der Waals surface area contributed by atoms with Crippen LogP contribution in [-0.2, 0) is 4.79 Å². The number of nitrogens with two attached hydrogens (primary N) is 1. The molecule has 1 atom stereocenters. The minimum atomic E-state index is -0.543. The Labute approximate surface area is 162 Å². The number of carbonyl (C=O) groups excluding carboxylic acids is 2. The zero-order chi connectivity index (χ0) is 19.2. The summed E-state index contributed by atoms with van der Waals surface area (Å²) in [5.74, 6) is -0.701. The van der Waals surface area contributed by atoms with Crippen molar-refractivity contribution in [3.05, 3.63) is 88.8 Å². The number of thiophene rings is 1. The van der Waals surface area contributed by atoms with Crippen LogP contribution in [0.4, 0.5) is 5.00 Å². The number of carbonyl (C=O) groups is 2. The van der Waals surface area contributed by atoms with Gasteiger partial charge in [-0.05, 0) is 11.4 Å². The van der Waals surface area contributed by atoms with Crippen LogP contribution < -0.4 is 16.0 Å². The van der Waals surface area contributed by atoms with Gasteiger partial charge in [-0.2, -0.15) is 0 Å². The second-order valence-corrected chi connectivity index (χ2v) is 7.27. The number of anilines is 1. The van der Waals surface area contributed by atoms with Crippen molar-refractivity contribution >= 4 is 28.2 Å². The van der Waals surface area contributed by atoms with Gasteiger partial charge in [-0.3, -0.25) is 9.59 Å². The van der Waals surface area contributed by atoms with Crippen LogP contribution in [0.3, 0.4) is 0 Å². The summed E-state index contributed by atoms with van der Waals surface area (Å²) in [6.07, 6.45) is 0. The van der Waals surface area contributed by atoms with E-state index in [9.17, 15) is 9.59 Å². The Morgan fingerprint density at radius 3 is 2.07 bits per heavy atom. The lowest BCUT2D eigenvalue weighted by Crippen LogP contribution is -3.10. The van der Waals surface area contributed by atoms with E-state index in [2.05, 4.69) is 29.6 Å². The van der Waals surface area contributed by atoms with Gasteiger partial charge in [0.1, 0.15) is 11.0 Å². The highest BCUT2D eigenvalue weighted by molar-refractivity contribution is 7.14. The van der Waals surface area contributed by atoms with E-state index in [-0.39, 0.29) is 18.5 Å². The number of benzene rings is 2. The van der Waals surface area contributed by atoms with Crippen LogP contribution in [0.2, 0.25) is 0 Å². The Bertz CT molecular complexity index is 870. The summed E-state index contributed by atoms with van der Waals surface area (Å²) in [4.78, 5) is 25.1. The monoisotopic (exact) mass is 380 g/mol. The zero-order valence-corrected chi connectivity index (χ0v) is 15.8. The zero-order valence-electron chi connectivity index (χ0n) is 15.0. The fraction of sp³-hybridized carbons (Fsp3) is 0.143. The average Bonchev–Trinajstić information content (AvgIpc) is 3.12. The van der Waals surface area contributed by atoms with Crippen molar-refractivity contribution in [3.63, 3.8) is 0 Å². The average molecular weight is 380 g/mol. The fourth-order valence-electron chi connectivity index (χ4n) is 3.18. The summed E-state index contributed by atoms with van der Waals surface area (Å²) >= 11 is 1.29. The van der Waals surface area contributed by atoms with E-state index in [1.165, 1.54) is 11.3 Å². The van der Waals surface area contributed by atoms with E-state index in [1.54, 1.807) is 11.4 Å². The summed E-state index contributed by atoms with van der Waals surface area (Å²) in [6.45, 7) is 0.255. The Hall–Kier alpha value is -2.96. The molecular formula is C21H22N3O2S+. The number of amides is 2. The second-order valence-electron chi connectivity index (χ2n) is 6.35. The summed E-state index contributed by atoms with van der Waals surface area (Å²) in [7, 11) is 1.99.